The molecule has 3 heterocycles. The van der Waals surface area contributed by atoms with E-state index in [0.29, 0.717) is 6.54 Å². The number of rotatable bonds is 7. The molecule has 1 N–H and O–H groups in total. The molecule has 0 fully saturated rings. The third-order valence-electron chi connectivity index (χ3n) is 4.99. The van der Waals surface area contributed by atoms with E-state index in [4.69, 9.17) is 0 Å². The predicted molar refractivity (Wildman–Crippen MR) is 104 cm³/mol. The SMILES string of the molecule is CCCCN1CCn2nc(CNC(=O)Cn3cc4ccccc4n3)cc2C1. The van der Waals surface area contributed by atoms with Crippen molar-refractivity contribution in [1.29, 1.82) is 0 Å². The van der Waals surface area contributed by atoms with E-state index in [9.17, 15) is 4.79 Å². The van der Waals surface area contributed by atoms with Crippen LogP contribution >= 0.6 is 0 Å². The van der Waals surface area contributed by atoms with Crippen LogP contribution in [0.2, 0.25) is 0 Å². The summed E-state index contributed by atoms with van der Waals surface area (Å²) in [6, 6.07) is 9.97. The van der Waals surface area contributed by atoms with Crippen molar-refractivity contribution in [3.05, 3.63) is 47.9 Å². The lowest BCUT2D eigenvalue weighted by Crippen LogP contribution is -2.34. The van der Waals surface area contributed by atoms with E-state index in [-0.39, 0.29) is 12.5 Å². The highest BCUT2D eigenvalue weighted by Crippen LogP contribution is 2.14. The van der Waals surface area contributed by atoms with Crippen molar-refractivity contribution in [2.75, 3.05) is 13.1 Å². The van der Waals surface area contributed by atoms with Crippen molar-refractivity contribution >= 4 is 16.8 Å². The van der Waals surface area contributed by atoms with E-state index in [2.05, 4.69) is 38.1 Å². The van der Waals surface area contributed by atoms with Crippen LogP contribution in [0.15, 0.2) is 36.5 Å². The summed E-state index contributed by atoms with van der Waals surface area (Å²) >= 11 is 0. The number of hydrogen-bond donors (Lipinski definition) is 1. The van der Waals surface area contributed by atoms with Gasteiger partial charge in [0.05, 0.1) is 30.0 Å². The van der Waals surface area contributed by atoms with Gasteiger partial charge in [0.1, 0.15) is 6.54 Å². The molecule has 0 atom stereocenters. The molecule has 1 aliphatic rings. The molecule has 142 valence electrons. The van der Waals surface area contributed by atoms with Gasteiger partial charge in [-0.2, -0.15) is 10.2 Å². The molecule has 0 bridgehead atoms. The number of hydrogen-bond acceptors (Lipinski definition) is 4. The van der Waals surface area contributed by atoms with Gasteiger partial charge < -0.3 is 5.32 Å². The second-order valence-corrected chi connectivity index (χ2v) is 7.14. The number of unbranched alkanes of at least 4 members (excludes halogenated alkanes) is 1. The maximum atomic E-state index is 12.3. The molecule has 7 heteroatoms. The van der Waals surface area contributed by atoms with Crippen molar-refractivity contribution in [3.63, 3.8) is 0 Å². The summed E-state index contributed by atoms with van der Waals surface area (Å²) in [5.41, 5.74) is 3.06. The second-order valence-electron chi connectivity index (χ2n) is 7.14. The molecular formula is C20H26N6O. The largest absolute Gasteiger partial charge is 0.349 e. The summed E-state index contributed by atoms with van der Waals surface area (Å²) in [5.74, 6) is -0.0571. The van der Waals surface area contributed by atoms with E-state index < -0.39 is 0 Å². The zero-order valence-corrected chi connectivity index (χ0v) is 15.8. The Morgan fingerprint density at radius 2 is 2.11 bits per heavy atom. The molecule has 1 amide bonds. The Balaban J connectivity index is 1.31. The van der Waals surface area contributed by atoms with Crippen LogP contribution < -0.4 is 5.32 Å². The molecule has 1 aromatic carbocycles. The lowest BCUT2D eigenvalue weighted by molar-refractivity contribution is -0.122. The fourth-order valence-electron chi connectivity index (χ4n) is 3.53. The molecule has 7 nitrogen and oxygen atoms in total. The third kappa shape index (κ3) is 4.19. The van der Waals surface area contributed by atoms with Gasteiger partial charge in [0.2, 0.25) is 5.91 Å². The Bertz CT molecular complexity index is 895. The minimum absolute atomic E-state index is 0.0571. The van der Waals surface area contributed by atoms with Crippen LogP contribution in [0.1, 0.15) is 31.2 Å². The molecule has 0 radical (unpaired) electrons. The van der Waals surface area contributed by atoms with Crippen LogP contribution in [0.3, 0.4) is 0 Å². The number of benzene rings is 1. The normalized spacial score (nSPS) is 14.4. The molecular weight excluding hydrogens is 340 g/mol. The molecule has 0 unspecified atom stereocenters. The molecule has 0 spiro atoms. The predicted octanol–water partition coefficient (Wildman–Crippen LogP) is 2.16. The standard InChI is InChI=1S/C20H26N6O/c1-2-3-8-24-9-10-26-18(14-24)11-17(22-26)12-21-20(27)15-25-13-16-6-4-5-7-19(16)23-25/h4-7,11,13H,2-3,8-10,12,14-15H2,1H3,(H,21,27). The maximum Gasteiger partial charge on any atom is 0.242 e. The zero-order valence-electron chi connectivity index (χ0n) is 15.8. The summed E-state index contributed by atoms with van der Waals surface area (Å²) < 4.78 is 3.76. The summed E-state index contributed by atoms with van der Waals surface area (Å²) in [5, 5.41) is 13.1. The zero-order chi connectivity index (χ0) is 18.6. The van der Waals surface area contributed by atoms with Crippen molar-refractivity contribution < 1.29 is 4.79 Å². The molecule has 4 rings (SSSR count). The Morgan fingerprint density at radius 3 is 2.96 bits per heavy atom. The van der Waals surface area contributed by atoms with Gasteiger partial charge >= 0.3 is 0 Å². The van der Waals surface area contributed by atoms with Crippen LogP contribution in [0.4, 0.5) is 0 Å². The summed E-state index contributed by atoms with van der Waals surface area (Å²) in [7, 11) is 0. The topological polar surface area (TPSA) is 68.0 Å². The first-order valence-electron chi connectivity index (χ1n) is 9.68. The monoisotopic (exact) mass is 366 g/mol. The van der Waals surface area contributed by atoms with Crippen LogP contribution in [0.25, 0.3) is 10.9 Å². The smallest absolute Gasteiger partial charge is 0.242 e. The summed E-state index contributed by atoms with van der Waals surface area (Å²) in [6.07, 6.45) is 4.35. The van der Waals surface area contributed by atoms with Gasteiger partial charge in [0.25, 0.3) is 0 Å². The minimum atomic E-state index is -0.0571. The van der Waals surface area contributed by atoms with E-state index >= 15 is 0 Å². The number of carbonyl (C=O) groups excluding carboxylic acids is 1. The highest BCUT2D eigenvalue weighted by atomic mass is 16.2. The van der Waals surface area contributed by atoms with E-state index in [1.165, 1.54) is 18.5 Å². The van der Waals surface area contributed by atoms with Gasteiger partial charge in [-0.05, 0) is 25.1 Å². The Kier molecular flexibility index (Phi) is 5.20. The number of fused-ring (bicyclic) bond motifs is 2. The van der Waals surface area contributed by atoms with E-state index in [1.807, 2.05) is 30.5 Å². The van der Waals surface area contributed by atoms with Gasteiger partial charge in [-0.1, -0.05) is 31.5 Å². The van der Waals surface area contributed by atoms with Crippen molar-refractivity contribution in [2.24, 2.45) is 0 Å². The van der Waals surface area contributed by atoms with Crippen LogP contribution in [0, 0.1) is 0 Å². The Labute approximate surface area is 158 Å². The highest BCUT2D eigenvalue weighted by Gasteiger charge is 2.18. The molecule has 0 aliphatic carbocycles. The van der Waals surface area contributed by atoms with Gasteiger partial charge in [-0.3, -0.25) is 19.1 Å². The molecule has 0 saturated carbocycles. The van der Waals surface area contributed by atoms with Crippen LogP contribution in [-0.2, 0) is 31.0 Å². The molecule has 1 aliphatic heterocycles. The Morgan fingerprint density at radius 1 is 1.22 bits per heavy atom. The van der Waals surface area contributed by atoms with Crippen molar-refractivity contribution in [3.8, 4) is 0 Å². The average molecular weight is 366 g/mol. The number of amides is 1. The van der Waals surface area contributed by atoms with Crippen LogP contribution in [-0.4, -0.2) is 43.5 Å². The average Bonchev–Trinajstić information content (AvgIpc) is 3.27. The van der Waals surface area contributed by atoms with Crippen molar-refractivity contribution in [1.82, 2.24) is 29.8 Å². The fraction of sp³-hybridized carbons (Fsp3) is 0.450. The van der Waals surface area contributed by atoms with Crippen LogP contribution in [0.5, 0.6) is 0 Å². The minimum Gasteiger partial charge on any atom is -0.349 e. The van der Waals surface area contributed by atoms with E-state index in [1.54, 1.807) is 4.68 Å². The summed E-state index contributed by atoms with van der Waals surface area (Å²) in [4.78, 5) is 14.7. The molecule has 2 aromatic heterocycles. The highest BCUT2D eigenvalue weighted by molar-refractivity contribution is 5.79. The maximum absolute atomic E-state index is 12.3. The number of nitrogens with one attached hydrogen (secondary N) is 1. The first kappa shape index (κ1) is 17.7. The fourth-order valence-corrected chi connectivity index (χ4v) is 3.53. The van der Waals surface area contributed by atoms with Gasteiger partial charge in [-0.25, -0.2) is 0 Å². The van der Waals surface area contributed by atoms with Crippen molar-refractivity contribution in [2.45, 2.75) is 45.9 Å². The second kappa shape index (κ2) is 7.92. The number of aromatic nitrogens is 4. The van der Waals surface area contributed by atoms with Gasteiger partial charge in [0.15, 0.2) is 0 Å². The Hall–Kier alpha value is -2.67. The number of carbonyl (C=O) groups is 1. The lowest BCUT2D eigenvalue weighted by atomic mass is 10.2. The quantitative estimate of drug-likeness (QED) is 0.696. The van der Waals surface area contributed by atoms with Gasteiger partial charge in [0, 0.05) is 24.7 Å². The van der Waals surface area contributed by atoms with E-state index in [0.717, 1.165) is 42.8 Å². The first-order chi connectivity index (χ1) is 13.2. The lowest BCUT2D eigenvalue weighted by Gasteiger charge is -2.27. The first-order valence-corrected chi connectivity index (χ1v) is 9.68. The molecule has 27 heavy (non-hydrogen) atoms. The van der Waals surface area contributed by atoms with Gasteiger partial charge in [-0.15, -0.1) is 0 Å². The molecule has 3 aromatic rings. The third-order valence-corrected chi connectivity index (χ3v) is 4.99. The molecule has 0 saturated heterocycles. The number of nitrogens with zero attached hydrogens (tertiary/aromatic N) is 5. The summed E-state index contributed by atoms with van der Waals surface area (Å²) in [6.45, 7) is 6.95.